The first kappa shape index (κ1) is 13.8. The zero-order valence-electron chi connectivity index (χ0n) is 11.8. The SMILES string of the molecule is COc1ccc(-n2nnc(C(=O)O)c2-c2ccccc2)cc1. The van der Waals surface area contributed by atoms with E-state index in [1.807, 2.05) is 30.3 Å². The molecule has 3 rings (SSSR count). The van der Waals surface area contributed by atoms with Crippen LogP contribution in [0.2, 0.25) is 0 Å². The van der Waals surface area contributed by atoms with Crippen molar-refractivity contribution in [2.45, 2.75) is 0 Å². The molecule has 0 unspecified atom stereocenters. The molecule has 0 aliphatic rings. The third-order valence-corrected chi connectivity index (χ3v) is 3.24. The number of carboxylic acid groups (broad SMARTS) is 1. The monoisotopic (exact) mass is 295 g/mol. The molecule has 22 heavy (non-hydrogen) atoms. The van der Waals surface area contributed by atoms with Crippen molar-refractivity contribution in [3.63, 3.8) is 0 Å². The second-order valence-corrected chi connectivity index (χ2v) is 4.57. The fraction of sp³-hybridized carbons (Fsp3) is 0.0625. The van der Waals surface area contributed by atoms with Crippen LogP contribution in [0.25, 0.3) is 16.9 Å². The van der Waals surface area contributed by atoms with Crippen molar-refractivity contribution in [1.29, 1.82) is 0 Å². The minimum absolute atomic E-state index is 0.0815. The zero-order chi connectivity index (χ0) is 15.5. The summed E-state index contributed by atoms with van der Waals surface area (Å²) in [5.74, 6) is -0.401. The lowest BCUT2D eigenvalue weighted by Gasteiger charge is -2.08. The lowest BCUT2D eigenvalue weighted by atomic mass is 10.1. The highest BCUT2D eigenvalue weighted by Gasteiger charge is 2.21. The lowest BCUT2D eigenvalue weighted by molar-refractivity contribution is 0.0691. The van der Waals surface area contributed by atoms with Gasteiger partial charge < -0.3 is 9.84 Å². The van der Waals surface area contributed by atoms with E-state index in [2.05, 4.69) is 10.3 Å². The van der Waals surface area contributed by atoms with Crippen LogP contribution in [0.3, 0.4) is 0 Å². The summed E-state index contributed by atoms with van der Waals surface area (Å²) < 4.78 is 6.64. The van der Waals surface area contributed by atoms with Crippen LogP contribution in [0, 0.1) is 0 Å². The molecule has 6 nitrogen and oxygen atoms in total. The van der Waals surface area contributed by atoms with Crippen molar-refractivity contribution in [3.05, 3.63) is 60.3 Å². The maximum atomic E-state index is 11.4. The summed E-state index contributed by atoms with van der Waals surface area (Å²) in [6.45, 7) is 0. The van der Waals surface area contributed by atoms with Gasteiger partial charge in [0.05, 0.1) is 12.8 Å². The van der Waals surface area contributed by atoms with E-state index in [1.54, 1.807) is 31.4 Å². The van der Waals surface area contributed by atoms with Crippen molar-refractivity contribution in [2.24, 2.45) is 0 Å². The first-order chi connectivity index (χ1) is 10.7. The summed E-state index contributed by atoms with van der Waals surface area (Å²) in [5, 5.41) is 17.1. The topological polar surface area (TPSA) is 77.2 Å². The minimum Gasteiger partial charge on any atom is -0.497 e. The molecule has 1 aromatic heterocycles. The van der Waals surface area contributed by atoms with Crippen LogP contribution < -0.4 is 4.74 Å². The number of rotatable bonds is 4. The molecular weight excluding hydrogens is 282 g/mol. The van der Waals surface area contributed by atoms with Gasteiger partial charge in [-0.15, -0.1) is 5.10 Å². The molecule has 0 spiro atoms. The molecule has 0 atom stereocenters. The first-order valence-corrected chi connectivity index (χ1v) is 6.59. The van der Waals surface area contributed by atoms with Gasteiger partial charge in [0.1, 0.15) is 11.4 Å². The normalized spacial score (nSPS) is 10.4. The van der Waals surface area contributed by atoms with Crippen LogP contribution in [0.15, 0.2) is 54.6 Å². The van der Waals surface area contributed by atoms with Crippen LogP contribution in [-0.2, 0) is 0 Å². The number of carbonyl (C=O) groups is 1. The molecule has 0 radical (unpaired) electrons. The molecule has 0 bridgehead atoms. The van der Waals surface area contributed by atoms with Crippen molar-refractivity contribution in [1.82, 2.24) is 15.0 Å². The number of nitrogens with zero attached hydrogens (tertiary/aromatic N) is 3. The number of benzene rings is 2. The Kier molecular flexibility index (Phi) is 3.57. The molecule has 3 aromatic rings. The minimum atomic E-state index is -1.11. The molecule has 0 aliphatic heterocycles. The standard InChI is InChI=1S/C16H13N3O3/c1-22-13-9-7-12(8-10-13)19-15(11-5-3-2-4-6-11)14(16(20)21)17-18-19/h2-10H,1H3,(H,20,21). The van der Waals surface area contributed by atoms with Gasteiger partial charge in [-0.2, -0.15) is 0 Å². The Balaban J connectivity index is 2.17. The van der Waals surface area contributed by atoms with E-state index < -0.39 is 5.97 Å². The highest BCUT2D eigenvalue weighted by atomic mass is 16.5. The summed E-state index contributed by atoms with van der Waals surface area (Å²) in [6.07, 6.45) is 0. The molecule has 0 fully saturated rings. The molecule has 1 heterocycles. The summed E-state index contributed by atoms with van der Waals surface area (Å²) in [6, 6.07) is 16.4. The highest BCUT2D eigenvalue weighted by molar-refractivity contribution is 5.93. The van der Waals surface area contributed by atoms with Crippen molar-refractivity contribution < 1.29 is 14.6 Å². The van der Waals surface area contributed by atoms with Crippen LogP contribution in [0.1, 0.15) is 10.5 Å². The predicted molar refractivity (Wildman–Crippen MR) is 80.3 cm³/mol. The summed E-state index contributed by atoms with van der Waals surface area (Å²) in [7, 11) is 1.59. The van der Waals surface area contributed by atoms with Gasteiger partial charge in [0.2, 0.25) is 0 Å². The molecule has 6 heteroatoms. The predicted octanol–water partition coefficient (Wildman–Crippen LogP) is 2.64. The number of carboxylic acids is 1. The highest BCUT2D eigenvalue weighted by Crippen LogP contribution is 2.26. The second kappa shape index (κ2) is 5.69. The fourth-order valence-electron chi connectivity index (χ4n) is 2.19. The smallest absolute Gasteiger partial charge is 0.358 e. The number of ether oxygens (including phenoxy) is 1. The quantitative estimate of drug-likeness (QED) is 0.800. The molecular formula is C16H13N3O3. The van der Waals surface area contributed by atoms with E-state index in [0.717, 1.165) is 5.56 Å². The summed E-state index contributed by atoms with van der Waals surface area (Å²) in [5.41, 5.74) is 1.81. The average molecular weight is 295 g/mol. The maximum Gasteiger partial charge on any atom is 0.358 e. The van der Waals surface area contributed by atoms with Crippen molar-refractivity contribution >= 4 is 5.97 Å². The van der Waals surface area contributed by atoms with Gasteiger partial charge in [0.25, 0.3) is 0 Å². The van der Waals surface area contributed by atoms with Gasteiger partial charge in [-0.3, -0.25) is 0 Å². The van der Waals surface area contributed by atoms with Gasteiger partial charge in [-0.1, -0.05) is 35.5 Å². The summed E-state index contributed by atoms with van der Waals surface area (Å²) >= 11 is 0. The molecule has 0 saturated heterocycles. The third kappa shape index (κ3) is 2.42. The largest absolute Gasteiger partial charge is 0.497 e. The van der Waals surface area contributed by atoms with E-state index in [-0.39, 0.29) is 5.69 Å². The Morgan fingerprint density at radius 2 is 1.77 bits per heavy atom. The van der Waals surface area contributed by atoms with Crippen molar-refractivity contribution in [3.8, 4) is 22.7 Å². The average Bonchev–Trinajstić information content (AvgIpc) is 3.01. The van der Waals surface area contributed by atoms with Gasteiger partial charge in [0, 0.05) is 5.56 Å². The van der Waals surface area contributed by atoms with Crippen molar-refractivity contribution in [2.75, 3.05) is 7.11 Å². The maximum absolute atomic E-state index is 11.4. The molecule has 0 aliphatic carbocycles. The lowest BCUT2D eigenvalue weighted by Crippen LogP contribution is -2.03. The number of aromatic carboxylic acids is 1. The second-order valence-electron chi connectivity index (χ2n) is 4.57. The Morgan fingerprint density at radius 3 is 2.36 bits per heavy atom. The summed E-state index contributed by atoms with van der Waals surface area (Å²) in [4.78, 5) is 11.4. The van der Waals surface area contributed by atoms with E-state index in [1.165, 1.54) is 4.68 Å². The number of aromatic nitrogens is 3. The third-order valence-electron chi connectivity index (χ3n) is 3.24. The molecule has 2 aromatic carbocycles. The Bertz CT molecular complexity index is 795. The van der Waals surface area contributed by atoms with Crippen LogP contribution in [0.4, 0.5) is 0 Å². The van der Waals surface area contributed by atoms with Gasteiger partial charge in [-0.25, -0.2) is 9.48 Å². The van der Waals surface area contributed by atoms with Crippen LogP contribution in [0.5, 0.6) is 5.75 Å². The molecule has 0 amide bonds. The van der Waals surface area contributed by atoms with E-state index in [0.29, 0.717) is 17.1 Å². The van der Waals surface area contributed by atoms with E-state index in [9.17, 15) is 9.90 Å². The molecule has 110 valence electrons. The first-order valence-electron chi connectivity index (χ1n) is 6.59. The van der Waals surface area contributed by atoms with E-state index in [4.69, 9.17) is 4.74 Å². The van der Waals surface area contributed by atoms with Gasteiger partial charge in [0.15, 0.2) is 5.69 Å². The fourth-order valence-corrected chi connectivity index (χ4v) is 2.19. The van der Waals surface area contributed by atoms with Gasteiger partial charge in [-0.05, 0) is 24.3 Å². The molecule has 1 N–H and O–H groups in total. The number of methoxy groups -OCH3 is 1. The number of hydrogen-bond donors (Lipinski definition) is 1. The van der Waals surface area contributed by atoms with Crippen LogP contribution >= 0.6 is 0 Å². The molecule has 0 saturated carbocycles. The Morgan fingerprint density at radius 1 is 1.09 bits per heavy atom. The van der Waals surface area contributed by atoms with E-state index >= 15 is 0 Å². The Labute approximate surface area is 126 Å². The Hall–Kier alpha value is -3.15. The zero-order valence-corrected chi connectivity index (χ0v) is 11.8. The number of hydrogen-bond acceptors (Lipinski definition) is 4. The van der Waals surface area contributed by atoms with Gasteiger partial charge >= 0.3 is 5.97 Å². The van der Waals surface area contributed by atoms with Crippen LogP contribution in [-0.4, -0.2) is 33.2 Å².